The molecule has 2 aromatic carbocycles. The van der Waals surface area contributed by atoms with Crippen LogP contribution in [0, 0.1) is 0 Å². The Labute approximate surface area is 121 Å². The summed E-state index contributed by atoms with van der Waals surface area (Å²) in [7, 11) is 0. The molecule has 6 nitrogen and oxygen atoms in total. The minimum absolute atomic E-state index is 0.00259. The summed E-state index contributed by atoms with van der Waals surface area (Å²) < 4.78 is 0. The van der Waals surface area contributed by atoms with Gasteiger partial charge in [-0.05, 0) is 30.3 Å². The van der Waals surface area contributed by atoms with E-state index in [9.17, 15) is 9.90 Å². The summed E-state index contributed by atoms with van der Waals surface area (Å²) in [6.07, 6.45) is 1.30. The minimum Gasteiger partial charge on any atom is -0.507 e. The highest BCUT2D eigenvalue weighted by molar-refractivity contribution is 5.86. The molecule has 0 aliphatic rings. The minimum atomic E-state index is -1.04. The summed E-state index contributed by atoms with van der Waals surface area (Å²) in [5.41, 5.74) is 1.64. The first-order chi connectivity index (χ1) is 10.1. The molecule has 0 aliphatic heterocycles. The van der Waals surface area contributed by atoms with Crippen LogP contribution in [0.25, 0.3) is 0 Å². The molecular formula is C15H13N3O3. The fraction of sp³-hybridized carbons (Fsp3) is 0.0667. The lowest BCUT2D eigenvalue weighted by molar-refractivity contribution is -0.135. The van der Waals surface area contributed by atoms with Crippen molar-refractivity contribution in [3.8, 4) is 5.75 Å². The average Bonchev–Trinajstić information content (AvgIpc) is 2.48. The molecule has 2 aromatic rings. The molecular weight excluding hydrogens is 270 g/mol. The van der Waals surface area contributed by atoms with Crippen LogP contribution in [0.1, 0.15) is 5.56 Å². The second-order valence-electron chi connectivity index (χ2n) is 4.14. The second kappa shape index (κ2) is 6.95. The molecule has 2 rings (SSSR count). The van der Waals surface area contributed by atoms with Crippen LogP contribution >= 0.6 is 0 Å². The van der Waals surface area contributed by atoms with Crippen LogP contribution in [-0.2, 0) is 4.79 Å². The lowest BCUT2D eigenvalue weighted by Gasteiger charge is -1.99. The van der Waals surface area contributed by atoms with E-state index in [0.717, 1.165) is 0 Å². The first-order valence-electron chi connectivity index (χ1n) is 6.16. The zero-order valence-corrected chi connectivity index (χ0v) is 11.0. The van der Waals surface area contributed by atoms with E-state index < -0.39 is 5.97 Å². The third-order valence-corrected chi connectivity index (χ3v) is 2.51. The summed E-state index contributed by atoms with van der Waals surface area (Å²) in [5.74, 6) is -1.03. The Hall–Kier alpha value is -3.02. The summed E-state index contributed by atoms with van der Waals surface area (Å²) in [6, 6.07) is 13.9. The van der Waals surface area contributed by atoms with Gasteiger partial charge in [0, 0.05) is 11.8 Å². The molecule has 0 amide bonds. The zero-order valence-electron chi connectivity index (χ0n) is 11.0. The predicted octanol–water partition coefficient (Wildman–Crippen LogP) is 3.31. The summed E-state index contributed by atoms with van der Waals surface area (Å²) >= 11 is 0. The van der Waals surface area contributed by atoms with Gasteiger partial charge in [-0.25, -0.2) is 0 Å². The van der Waals surface area contributed by atoms with Crippen LogP contribution in [0.4, 0.5) is 11.4 Å². The maximum Gasteiger partial charge on any atom is 0.325 e. The maximum absolute atomic E-state index is 10.4. The number of phenols is 1. The van der Waals surface area contributed by atoms with Crippen molar-refractivity contribution < 1.29 is 15.0 Å². The number of azo groups is 1. The van der Waals surface area contributed by atoms with Crippen molar-refractivity contribution in [1.82, 2.24) is 0 Å². The molecule has 2 N–H and O–H groups in total. The average molecular weight is 283 g/mol. The molecule has 0 aliphatic carbocycles. The Morgan fingerprint density at radius 3 is 2.48 bits per heavy atom. The monoisotopic (exact) mass is 283 g/mol. The zero-order chi connectivity index (χ0) is 15.1. The summed E-state index contributed by atoms with van der Waals surface area (Å²) in [5, 5.41) is 26.3. The molecule has 0 bridgehead atoms. The van der Waals surface area contributed by atoms with Crippen molar-refractivity contribution in [1.29, 1.82) is 0 Å². The SMILES string of the molecule is O=C(O)CN=Cc1cc(N=Nc2ccccc2)ccc1O. The molecule has 0 unspecified atom stereocenters. The van der Waals surface area contributed by atoms with Gasteiger partial charge in [-0.3, -0.25) is 9.79 Å². The molecule has 0 saturated heterocycles. The Morgan fingerprint density at radius 2 is 1.76 bits per heavy atom. The lowest BCUT2D eigenvalue weighted by atomic mass is 10.2. The molecule has 21 heavy (non-hydrogen) atoms. The van der Waals surface area contributed by atoms with Gasteiger partial charge in [0.1, 0.15) is 12.3 Å². The second-order valence-corrected chi connectivity index (χ2v) is 4.14. The van der Waals surface area contributed by atoms with Gasteiger partial charge in [0.25, 0.3) is 0 Å². The maximum atomic E-state index is 10.4. The van der Waals surface area contributed by atoms with Crippen LogP contribution in [0.5, 0.6) is 5.75 Å². The number of hydrogen-bond donors (Lipinski definition) is 2. The van der Waals surface area contributed by atoms with E-state index in [1.165, 1.54) is 12.3 Å². The number of aliphatic imine (C=N–C) groups is 1. The van der Waals surface area contributed by atoms with Crippen LogP contribution in [-0.4, -0.2) is 28.9 Å². The molecule has 0 heterocycles. The number of hydrogen-bond acceptors (Lipinski definition) is 5. The largest absolute Gasteiger partial charge is 0.507 e. The van der Waals surface area contributed by atoms with E-state index in [1.54, 1.807) is 12.1 Å². The van der Waals surface area contributed by atoms with E-state index in [0.29, 0.717) is 16.9 Å². The van der Waals surface area contributed by atoms with Gasteiger partial charge in [0.15, 0.2) is 0 Å². The Kier molecular flexibility index (Phi) is 4.76. The third-order valence-electron chi connectivity index (χ3n) is 2.51. The highest BCUT2D eigenvalue weighted by Gasteiger charge is 2.01. The summed E-state index contributed by atoms with van der Waals surface area (Å²) in [4.78, 5) is 14.1. The van der Waals surface area contributed by atoms with E-state index in [2.05, 4.69) is 15.2 Å². The smallest absolute Gasteiger partial charge is 0.325 e. The van der Waals surface area contributed by atoms with Crippen molar-refractivity contribution in [3.63, 3.8) is 0 Å². The fourth-order valence-corrected chi connectivity index (χ4v) is 1.54. The summed E-state index contributed by atoms with van der Waals surface area (Å²) in [6.45, 7) is -0.352. The van der Waals surface area contributed by atoms with Gasteiger partial charge < -0.3 is 10.2 Å². The highest BCUT2D eigenvalue weighted by Crippen LogP contribution is 2.23. The first kappa shape index (κ1) is 14.4. The van der Waals surface area contributed by atoms with Crippen LogP contribution in [0.3, 0.4) is 0 Å². The standard InChI is InChI=1S/C15H13N3O3/c19-14-7-6-13(8-11(14)9-16-10-15(20)21)18-17-12-4-2-1-3-5-12/h1-9,19H,10H2,(H,20,21). The third kappa shape index (κ3) is 4.54. The van der Waals surface area contributed by atoms with Crippen LogP contribution in [0.2, 0.25) is 0 Å². The molecule has 0 aromatic heterocycles. The number of nitrogens with zero attached hydrogens (tertiary/aromatic N) is 3. The van der Waals surface area contributed by atoms with Crippen molar-refractivity contribution in [2.75, 3.05) is 6.54 Å². The van der Waals surface area contributed by atoms with Crippen LogP contribution < -0.4 is 0 Å². The Bertz CT molecular complexity index is 682. The van der Waals surface area contributed by atoms with E-state index >= 15 is 0 Å². The molecule has 0 spiro atoms. The number of carboxylic acid groups (broad SMARTS) is 1. The van der Waals surface area contributed by atoms with Crippen molar-refractivity contribution in [2.45, 2.75) is 0 Å². The van der Waals surface area contributed by atoms with Crippen molar-refractivity contribution in [3.05, 3.63) is 54.1 Å². The Balaban J connectivity index is 2.16. The normalized spacial score (nSPS) is 11.2. The number of carbonyl (C=O) groups is 1. The highest BCUT2D eigenvalue weighted by atomic mass is 16.4. The van der Waals surface area contributed by atoms with Gasteiger partial charge in [0.2, 0.25) is 0 Å². The van der Waals surface area contributed by atoms with Crippen LogP contribution in [0.15, 0.2) is 63.8 Å². The number of phenolic OH excluding ortho intramolecular Hbond substituents is 1. The number of benzene rings is 2. The quantitative estimate of drug-likeness (QED) is 0.651. The molecule has 0 radical (unpaired) electrons. The Morgan fingerprint density at radius 1 is 1.05 bits per heavy atom. The van der Waals surface area contributed by atoms with E-state index in [-0.39, 0.29) is 12.3 Å². The van der Waals surface area contributed by atoms with E-state index in [1.807, 2.05) is 30.3 Å². The molecule has 6 heteroatoms. The first-order valence-corrected chi connectivity index (χ1v) is 6.16. The van der Waals surface area contributed by atoms with Gasteiger partial charge in [0.05, 0.1) is 11.4 Å². The van der Waals surface area contributed by atoms with Gasteiger partial charge in [-0.15, -0.1) is 0 Å². The van der Waals surface area contributed by atoms with Gasteiger partial charge in [-0.2, -0.15) is 10.2 Å². The fourth-order valence-electron chi connectivity index (χ4n) is 1.54. The lowest BCUT2D eigenvalue weighted by Crippen LogP contribution is -1.99. The molecule has 0 saturated carbocycles. The number of aliphatic carboxylic acids is 1. The molecule has 0 fully saturated rings. The number of carboxylic acids is 1. The molecule has 106 valence electrons. The molecule has 0 atom stereocenters. The van der Waals surface area contributed by atoms with Crippen molar-refractivity contribution >= 4 is 23.6 Å². The number of aromatic hydroxyl groups is 1. The predicted molar refractivity (Wildman–Crippen MR) is 78.8 cm³/mol. The number of rotatable bonds is 5. The topological polar surface area (TPSA) is 94.6 Å². The van der Waals surface area contributed by atoms with Crippen molar-refractivity contribution in [2.24, 2.45) is 15.2 Å². The van der Waals surface area contributed by atoms with E-state index in [4.69, 9.17) is 5.11 Å². The van der Waals surface area contributed by atoms with Gasteiger partial charge >= 0.3 is 5.97 Å². The van der Waals surface area contributed by atoms with Gasteiger partial charge in [-0.1, -0.05) is 18.2 Å².